The summed E-state index contributed by atoms with van der Waals surface area (Å²) in [5, 5.41) is 10.5. The Morgan fingerprint density at radius 2 is 1.21 bits per heavy atom. The molecule has 11 nitrogen and oxygen atoms in total. The minimum absolute atomic E-state index is 0.0826. The molecule has 0 aliphatic rings. The van der Waals surface area contributed by atoms with Crippen molar-refractivity contribution in [2.75, 3.05) is 6.54 Å². The highest BCUT2D eigenvalue weighted by atomic mass is 16.2. The fraction of sp³-hybridized carbons (Fsp3) is 0.344. The molecule has 228 valence electrons. The molecule has 0 aliphatic heterocycles. The maximum Gasteiger partial charge on any atom is 0.244 e. The summed E-state index contributed by atoms with van der Waals surface area (Å²) in [6.07, 6.45) is 8.08. The smallest absolute Gasteiger partial charge is 0.244 e. The summed E-state index contributed by atoms with van der Waals surface area (Å²) in [4.78, 5) is 64.2. The quantitative estimate of drug-likeness (QED) is 0.0822. The van der Waals surface area contributed by atoms with Crippen molar-refractivity contribution < 1.29 is 24.0 Å². The maximum absolute atomic E-state index is 13.6. The van der Waals surface area contributed by atoms with Crippen molar-refractivity contribution in [2.24, 2.45) is 11.5 Å². The van der Waals surface area contributed by atoms with E-state index in [0.717, 1.165) is 17.2 Å². The Morgan fingerprint density at radius 1 is 0.744 bits per heavy atom. The van der Waals surface area contributed by atoms with Gasteiger partial charge < -0.3 is 32.7 Å². The molecule has 8 N–H and O–H groups in total. The van der Waals surface area contributed by atoms with E-state index in [-0.39, 0.29) is 25.7 Å². The van der Waals surface area contributed by atoms with Gasteiger partial charge in [0, 0.05) is 19.3 Å². The molecule has 0 spiro atoms. The molecule has 0 fully saturated rings. The Balaban J connectivity index is 2.27. The van der Waals surface area contributed by atoms with Gasteiger partial charge in [-0.3, -0.25) is 24.0 Å². The topological polar surface area (TPSA) is 186 Å². The van der Waals surface area contributed by atoms with E-state index >= 15 is 0 Å². The zero-order valence-corrected chi connectivity index (χ0v) is 24.1. The highest BCUT2D eigenvalue weighted by Gasteiger charge is 2.31. The maximum atomic E-state index is 13.6. The summed E-state index contributed by atoms with van der Waals surface area (Å²) in [5.41, 5.74) is 12.5. The van der Waals surface area contributed by atoms with Gasteiger partial charge in [-0.25, -0.2) is 0 Å². The van der Waals surface area contributed by atoms with Crippen LogP contribution in [0.2, 0.25) is 0 Å². The molecule has 5 amide bonds. The highest BCUT2D eigenvalue weighted by Crippen LogP contribution is 2.08. The van der Waals surface area contributed by atoms with Gasteiger partial charge in [0.1, 0.15) is 24.2 Å². The number of carbonyl (C=O) groups excluding carboxylic acids is 5. The van der Waals surface area contributed by atoms with Gasteiger partial charge in [-0.05, 0) is 43.0 Å². The van der Waals surface area contributed by atoms with Crippen LogP contribution in [0.4, 0.5) is 0 Å². The second kappa shape index (κ2) is 18.5. The number of carbonyl (C=O) groups is 5. The molecule has 0 bridgehead atoms. The van der Waals surface area contributed by atoms with Gasteiger partial charge in [0.15, 0.2) is 0 Å². The number of benzene rings is 2. The molecule has 0 heterocycles. The minimum Gasteiger partial charge on any atom is -0.368 e. The van der Waals surface area contributed by atoms with Crippen molar-refractivity contribution in [3.8, 4) is 12.3 Å². The minimum atomic E-state index is -1.20. The largest absolute Gasteiger partial charge is 0.368 e. The van der Waals surface area contributed by atoms with Gasteiger partial charge in [0.05, 0.1) is 0 Å². The van der Waals surface area contributed by atoms with E-state index in [9.17, 15) is 24.0 Å². The average molecular weight is 589 g/mol. The molecule has 11 heteroatoms. The van der Waals surface area contributed by atoms with Crippen LogP contribution in [0.3, 0.4) is 0 Å². The third kappa shape index (κ3) is 12.2. The van der Waals surface area contributed by atoms with Gasteiger partial charge in [-0.2, -0.15) is 0 Å². The normalized spacial score (nSPS) is 13.2. The van der Waals surface area contributed by atoms with Crippen molar-refractivity contribution in [3.63, 3.8) is 0 Å². The van der Waals surface area contributed by atoms with Crippen LogP contribution in [-0.2, 0) is 36.8 Å². The van der Waals surface area contributed by atoms with Gasteiger partial charge >= 0.3 is 0 Å². The van der Waals surface area contributed by atoms with E-state index in [1.54, 1.807) is 24.3 Å². The number of terminal acetylenes is 1. The Morgan fingerprint density at radius 3 is 1.67 bits per heavy atom. The van der Waals surface area contributed by atoms with E-state index < -0.39 is 53.7 Å². The van der Waals surface area contributed by atoms with Crippen LogP contribution in [0, 0.1) is 12.3 Å². The summed E-state index contributed by atoms with van der Waals surface area (Å²) in [6, 6.07) is 13.7. The first-order valence-corrected chi connectivity index (χ1v) is 14.0. The lowest BCUT2D eigenvalue weighted by Crippen LogP contribution is -2.58. The second-order valence-electron chi connectivity index (χ2n) is 9.92. The standard InChI is InChI=1S/C32H40N6O5/c1-3-13-25(30(41)36-24(29(34)40)18-11-12-19-33)37-32(43)27(21-23-16-9-6-10-17-23)38-31(42)26(35-28(39)4-2)20-22-14-7-5-8-15-22/h1,4-10,14-17,24-27H,2,11-13,18-21,33H2,(H2,34,40)(H,35,39)(H,36,41)(H,37,43)(H,38,42)/t24-,25-,26-,27-/m0/s1. The highest BCUT2D eigenvalue weighted by molar-refractivity contribution is 5.96. The Labute approximate surface area is 252 Å². The molecular weight excluding hydrogens is 548 g/mol. The number of unbranched alkanes of at least 4 members (excludes halogenated alkanes) is 1. The number of primary amides is 1. The van der Waals surface area contributed by atoms with Crippen molar-refractivity contribution in [2.45, 2.75) is 62.7 Å². The molecule has 2 aromatic carbocycles. The van der Waals surface area contributed by atoms with Crippen molar-refractivity contribution in [3.05, 3.63) is 84.4 Å². The van der Waals surface area contributed by atoms with Crippen LogP contribution >= 0.6 is 0 Å². The first kappa shape index (κ1) is 34.3. The number of rotatable bonds is 18. The van der Waals surface area contributed by atoms with Crippen LogP contribution < -0.4 is 32.7 Å². The predicted octanol–water partition coefficient (Wildman–Crippen LogP) is 0.235. The van der Waals surface area contributed by atoms with Crippen LogP contribution in [0.25, 0.3) is 0 Å². The molecule has 0 aliphatic carbocycles. The van der Waals surface area contributed by atoms with Crippen LogP contribution in [0.1, 0.15) is 36.8 Å². The SMILES string of the molecule is C#CC[C@H](NC(=O)[C@H](Cc1ccccc1)NC(=O)[C@H](Cc1ccccc1)NC(=O)C=C)C(=O)N[C@@H](CCCCN)C(N)=O. The van der Waals surface area contributed by atoms with E-state index in [1.807, 2.05) is 36.4 Å². The third-order valence-electron chi connectivity index (χ3n) is 6.58. The van der Waals surface area contributed by atoms with Crippen molar-refractivity contribution in [1.82, 2.24) is 21.3 Å². The molecule has 2 rings (SSSR count). The Hall–Kier alpha value is -4.95. The molecule has 0 saturated carbocycles. The molecule has 4 atom stereocenters. The third-order valence-corrected chi connectivity index (χ3v) is 6.58. The second-order valence-corrected chi connectivity index (χ2v) is 9.92. The van der Waals surface area contributed by atoms with Crippen LogP contribution in [0.5, 0.6) is 0 Å². The van der Waals surface area contributed by atoms with E-state index in [2.05, 4.69) is 33.8 Å². The fourth-order valence-electron chi connectivity index (χ4n) is 4.27. The summed E-state index contributed by atoms with van der Waals surface area (Å²) in [6.45, 7) is 3.87. The number of hydrogen-bond acceptors (Lipinski definition) is 6. The number of nitrogens with two attached hydrogens (primary N) is 2. The first-order valence-electron chi connectivity index (χ1n) is 14.0. The van der Waals surface area contributed by atoms with Crippen molar-refractivity contribution in [1.29, 1.82) is 0 Å². The van der Waals surface area contributed by atoms with Gasteiger partial charge in [0.2, 0.25) is 29.5 Å². The lowest BCUT2D eigenvalue weighted by molar-refractivity contribution is -0.134. The molecule has 2 aromatic rings. The summed E-state index contributed by atoms with van der Waals surface area (Å²) >= 11 is 0. The lowest BCUT2D eigenvalue weighted by atomic mass is 10.0. The van der Waals surface area contributed by atoms with Crippen molar-refractivity contribution >= 4 is 29.5 Å². The average Bonchev–Trinajstić information content (AvgIpc) is 3.00. The Kier molecular flexibility index (Phi) is 14.7. The van der Waals surface area contributed by atoms with E-state index in [0.29, 0.717) is 19.4 Å². The number of hydrogen-bond donors (Lipinski definition) is 6. The zero-order chi connectivity index (χ0) is 31.6. The van der Waals surface area contributed by atoms with Crippen LogP contribution in [-0.4, -0.2) is 60.2 Å². The van der Waals surface area contributed by atoms with E-state index in [1.165, 1.54) is 0 Å². The summed E-state index contributed by atoms with van der Waals surface area (Å²) < 4.78 is 0. The number of amides is 5. The molecule has 0 radical (unpaired) electrons. The molecule has 0 unspecified atom stereocenters. The summed E-state index contributed by atoms with van der Waals surface area (Å²) in [5.74, 6) is -0.898. The zero-order valence-electron chi connectivity index (χ0n) is 24.1. The number of nitrogens with one attached hydrogen (secondary N) is 4. The first-order chi connectivity index (χ1) is 20.7. The van der Waals surface area contributed by atoms with Gasteiger partial charge in [0.25, 0.3) is 0 Å². The fourth-order valence-corrected chi connectivity index (χ4v) is 4.27. The predicted molar refractivity (Wildman–Crippen MR) is 164 cm³/mol. The lowest BCUT2D eigenvalue weighted by Gasteiger charge is -2.26. The van der Waals surface area contributed by atoms with Gasteiger partial charge in [-0.1, -0.05) is 67.2 Å². The molecular formula is C32H40N6O5. The molecule has 0 saturated heterocycles. The van der Waals surface area contributed by atoms with Crippen LogP contribution in [0.15, 0.2) is 73.3 Å². The Bertz CT molecular complexity index is 1280. The molecule has 43 heavy (non-hydrogen) atoms. The van der Waals surface area contributed by atoms with E-state index in [4.69, 9.17) is 17.9 Å². The monoisotopic (exact) mass is 588 g/mol. The molecule has 0 aromatic heterocycles. The van der Waals surface area contributed by atoms with Gasteiger partial charge in [-0.15, -0.1) is 12.3 Å². The summed E-state index contributed by atoms with van der Waals surface area (Å²) in [7, 11) is 0.